The van der Waals surface area contributed by atoms with E-state index in [9.17, 15) is 4.79 Å². The molecule has 1 saturated heterocycles. The van der Waals surface area contributed by atoms with Gasteiger partial charge in [0.15, 0.2) is 5.79 Å². The molecule has 2 heterocycles. The molecule has 1 aliphatic heterocycles. The minimum atomic E-state index is -0.671. The van der Waals surface area contributed by atoms with Crippen molar-refractivity contribution < 1.29 is 19.0 Å². The largest absolute Gasteiger partial charge is 0.444 e. The van der Waals surface area contributed by atoms with E-state index in [-0.39, 0.29) is 12.1 Å². The van der Waals surface area contributed by atoms with Gasteiger partial charge in [0.05, 0.1) is 12.6 Å². The van der Waals surface area contributed by atoms with E-state index >= 15 is 0 Å². The standard InChI is InChI=1S/C16H25N3O4/c1-15(2,3)23-14(20)19-11(9-13-17-7-6-8-18-13)12-10-21-16(4,5)22-12/h6-8,11-12H,9-10H2,1-5H3,(H,19,20)/t11-,12-/m1/s1. The Kier molecular flexibility index (Phi) is 5.21. The highest BCUT2D eigenvalue weighted by Crippen LogP contribution is 2.25. The number of aromatic nitrogens is 2. The topological polar surface area (TPSA) is 82.6 Å². The molecule has 0 radical (unpaired) electrons. The molecule has 128 valence electrons. The second-order valence-corrected chi connectivity index (χ2v) is 6.99. The van der Waals surface area contributed by atoms with Crippen molar-refractivity contribution in [2.75, 3.05) is 6.61 Å². The summed E-state index contributed by atoms with van der Waals surface area (Å²) in [6.07, 6.45) is 2.99. The zero-order valence-corrected chi connectivity index (χ0v) is 14.3. The van der Waals surface area contributed by atoms with Crippen LogP contribution < -0.4 is 5.32 Å². The predicted octanol–water partition coefficient (Wildman–Crippen LogP) is 2.06. The van der Waals surface area contributed by atoms with Gasteiger partial charge < -0.3 is 19.5 Å². The maximum absolute atomic E-state index is 12.1. The second kappa shape index (κ2) is 6.80. The quantitative estimate of drug-likeness (QED) is 0.913. The van der Waals surface area contributed by atoms with Crippen molar-refractivity contribution >= 4 is 6.09 Å². The van der Waals surface area contributed by atoms with Crippen molar-refractivity contribution in [3.8, 4) is 0 Å². The van der Waals surface area contributed by atoms with Crippen LogP contribution in [0, 0.1) is 0 Å². The van der Waals surface area contributed by atoms with Crippen LogP contribution in [0.2, 0.25) is 0 Å². The first-order valence-electron chi connectivity index (χ1n) is 7.72. The highest BCUT2D eigenvalue weighted by Gasteiger charge is 2.38. The van der Waals surface area contributed by atoms with Crippen LogP contribution in [-0.4, -0.2) is 46.2 Å². The molecule has 0 aliphatic carbocycles. The van der Waals surface area contributed by atoms with Gasteiger partial charge in [-0.3, -0.25) is 0 Å². The molecule has 1 aliphatic rings. The van der Waals surface area contributed by atoms with Crippen LogP contribution in [0.5, 0.6) is 0 Å². The lowest BCUT2D eigenvalue weighted by Crippen LogP contribution is -2.48. The predicted molar refractivity (Wildman–Crippen MR) is 83.8 cm³/mol. The van der Waals surface area contributed by atoms with Crippen molar-refractivity contribution in [3.63, 3.8) is 0 Å². The average molecular weight is 323 g/mol. The molecule has 2 rings (SSSR count). The van der Waals surface area contributed by atoms with Crippen LogP contribution in [0.25, 0.3) is 0 Å². The molecular weight excluding hydrogens is 298 g/mol. The first-order valence-corrected chi connectivity index (χ1v) is 7.72. The number of amides is 1. The summed E-state index contributed by atoms with van der Waals surface area (Å²) in [4.78, 5) is 20.5. The number of hydrogen-bond donors (Lipinski definition) is 1. The maximum atomic E-state index is 12.1. The summed E-state index contributed by atoms with van der Waals surface area (Å²) < 4.78 is 16.8. The first-order chi connectivity index (χ1) is 10.6. The minimum Gasteiger partial charge on any atom is -0.444 e. The van der Waals surface area contributed by atoms with E-state index in [0.29, 0.717) is 18.9 Å². The monoisotopic (exact) mass is 323 g/mol. The first kappa shape index (κ1) is 17.6. The van der Waals surface area contributed by atoms with Gasteiger partial charge in [-0.1, -0.05) is 0 Å². The normalized spacial score (nSPS) is 21.7. The molecule has 0 aromatic carbocycles. The van der Waals surface area contributed by atoms with Crippen molar-refractivity contribution in [2.45, 2.75) is 64.6 Å². The van der Waals surface area contributed by atoms with E-state index in [4.69, 9.17) is 14.2 Å². The summed E-state index contributed by atoms with van der Waals surface area (Å²) >= 11 is 0. The molecule has 1 aromatic rings. The second-order valence-electron chi connectivity index (χ2n) is 6.99. The number of carbonyl (C=O) groups is 1. The Morgan fingerprint density at radius 2 is 2.09 bits per heavy atom. The molecule has 0 saturated carbocycles. The van der Waals surface area contributed by atoms with Gasteiger partial charge in [0, 0.05) is 18.8 Å². The molecule has 1 fully saturated rings. The highest BCUT2D eigenvalue weighted by molar-refractivity contribution is 5.68. The summed E-state index contributed by atoms with van der Waals surface area (Å²) in [5.41, 5.74) is -0.565. The number of carbonyl (C=O) groups excluding carboxylic acids is 1. The van der Waals surface area contributed by atoms with Crippen molar-refractivity contribution in [3.05, 3.63) is 24.3 Å². The van der Waals surface area contributed by atoms with E-state index in [1.54, 1.807) is 18.5 Å². The molecule has 1 aromatic heterocycles. The Bertz CT molecular complexity index is 528. The van der Waals surface area contributed by atoms with E-state index in [2.05, 4.69) is 15.3 Å². The van der Waals surface area contributed by atoms with Crippen molar-refractivity contribution in [1.82, 2.24) is 15.3 Å². The Hall–Kier alpha value is -1.73. The van der Waals surface area contributed by atoms with Gasteiger partial charge in [0.1, 0.15) is 17.5 Å². The molecule has 1 amide bonds. The zero-order valence-electron chi connectivity index (χ0n) is 14.3. The number of hydrogen-bond acceptors (Lipinski definition) is 6. The third-order valence-electron chi connectivity index (χ3n) is 3.20. The lowest BCUT2D eigenvalue weighted by molar-refractivity contribution is -0.141. The number of alkyl carbamates (subject to hydrolysis) is 1. The summed E-state index contributed by atoms with van der Waals surface area (Å²) in [6, 6.07) is 1.41. The molecule has 0 unspecified atom stereocenters. The van der Waals surface area contributed by atoms with Crippen LogP contribution in [0.15, 0.2) is 18.5 Å². The number of rotatable bonds is 4. The fourth-order valence-corrected chi connectivity index (χ4v) is 2.28. The molecule has 7 nitrogen and oxygen atoms in total. The van der Waals surface area contributed by atoms with E-state index in [1.807, 2.05) is 34.6 Å². The van der Waals surface area contributed by atoms with Crippen LogP contribution in [-0.2, 0) is 20.6 Å². The number of nitrogens with one attached hydrogen (secondary N) is 1. The zero-order chi connectivity index (χ0) is 17.1. The van der Waals surface area contributed by atoms with E-state index < -0.39 is 17.5 Å². The van der Waals surface area contributed by atoms with Gasteiger partial charge >= 0.3 is 6.09 Å². The molecule has 0 spiro atoms. The Balaban J connectivity index is 2.07. The third kappa shape index (κ3) is 5.76. The number of ether oxygens (including phenoxy) is 3. The molecule has 7 heteroatoms. The summed E-state index contributed by atoms with van der Waals surface area (Å²) in [6.45, 7) is 9.54. The smallest absolute Gasteiger partial charge is 0.407 e. The molecule has 2 atom stereocenters. The fourth-order valence-electron chi connectivity index (χ4n) is 2.28. The summed E-state index contributed by atoms with van der Waals surface area (Å²) in [7, 11) is 0. The van der Waals surface area contributed by atoms with Gasteiger partial charge in [-0.2, -0.15) is 0 Å². The Labute approximate surface area is 136 Å². The Morgan fingerprint density at radius 3 is 2.61 bits per heavy atom. The number of nitrogens with zero attached hydrogens (tertiary/aromatic N) is 2. The van der Waals surface area contributed by atoms with Gasteiger partial charge in [-0.25, -0.2) is 14.8 Å². The van der Waals surface area contributed by atoms with Crippen LogP contribution in [0.3, 0.4) is 0 Å². The van der Waals surface area contributed by atoms with E-state index in [1.165, 1.54) is 0 Å². The van der Waals surface area contributed by atoms with E-state index in [0.717, 1.165) is 0 Å². The van der Waals surface area contributed by atoms with Gasteiger partial charge in [0.2, 0.25) is 0 Å². The van der Waals surface area contributed by atoms with Crippen LogP contribution in [0.4, 0.5) is 4.79 Å². The lowest BCUT2D eigenvalue weighted by atomic mass is 10.1. The molecule has 1 N–H and O–H groups in total. The van der Waals surface area contributed by atoms with Crippen LogP contribution >= 0.6 is 0 Å². The third-order valence-corrected chi connectivity index (χ3v) is 3.20. The fraction of sp³-hybridized carbons (Fsp3) is 0.688. The van der Waals surface area contributed by atoms with Crippen molar-refractivity contribution in [2.24, 2.45) is 0 Å². The van der Waals surface area contributed by atoms with Crippen LogP contribution in [0.1, 0.15) is 40.4 Å². The average Bonchev–Trinajstić information content (AvgIpc) is 2.77. The molecule has 23 heavy (non-hydrogen) atoms. The maximum Gasteiger partial charge on any atom is 0.407 e. The SMILES string of the molecule is CC(C)(C)OC(=O)N[C@H](Cc1ncccn1)[C@H]1COC(C)(C)O1. The molecular formula is C16H25N3O4. The highest BCUT2D eigenvalue weighted by atomic mass is 16.7. The van der Waals surface area contributed by atoms with Crippen molar-refractivity contribution in [1.29, 1.82) is 0 Å². The minimum absolute atomic E-state index is 0.290. The van der Waals surface area contributed by atoms with Gasteiger partial charge in [0.25, 0.3) is 0 Å². The van der Waals surface area contributed by atoms with Gasteiger partial charge in [-0.05, 0) is 40.7 Å². The lowest BCUT2D eigenvalue weighted by Gasteiger charge is -2.27. The summed E-state index contributed by atoms with van der Waals surface area (Å²) in [5.74, 6) is -0.0438. The molecule has 0 bridgehead atoms. The van der Waals surface area contributed by atoms with Gasteiger partial charge in [-0.15, -0.1) is 0 Å². The Morgan fingerprint density at radius 1 is 1.43 bits per heavy atom. The summed E-state index contributed by atoms with van der Waals surface area (Å²) in [5, 5.41) is 2.86.